The fourth-order valence-electron chi connectivity index (χ4n) is 2.35. The highest BCUT2D eigenvalue weighted by molar-refractivity contribution is 7.98. The van der Waals surface area contributed by atoms with Crippen LogP contribution in [0.3, 0.4) is 0 Å². The van der Waals surface area contributed by atoms with Crippen molar-refractivity contribution in [2.75, 3.05) is 7.11 Å². The first-order valence-corrected chi connectivity index (χ1v) is 8.51. The summed E-state index contributed by atoms with van der Waals surface area (Å²) in [7, 11) is 1.26. The quantitative estimate of drug-likeness (QED) is 0.399. The van der Waals surface area contributed by atoms with E-state index in [2.05, 4.69) is 9.72 Å². The van der Waals surface area contributed by atoms with Gasteiger partial charge >= 0.3 is 5.97 Å². The first-order valence-electron chi connectivity index (χ1n) is 7.52. The molecule has 0 bridgehead atoms. The Balaban J connectivity index is 2.02. The highest BCUT2D eigenvalue weighted by Gasteiger charge is 2.15. The van der Waals surface area contributed by atoms with Crippen LogP contribution >= 0.6 is 11.8 Å². The Morgan fingerprint density at radius 2 is 1.92 bits per heavy atom. The monoisotopic (exact) mass is 358 g/mol. The fourth-order valence-corrected chi connectivity index (χ4v) is 3.33. The van der Waals surface area contributed by atoms with E-state index in [4.69, 9.17) is 0 Å². The summed E-state index contributed by atoms with van der Waals surface area (Å²) in [6, 6.07) is 13.3. The maximum atomic E-state index is 13.8. The van der Waals surface area contributed by atoms with Gasteiger partial charge in [0, 0.05) is 5.75 Å². The Hall–Kier alpha value is -2.67. The summed E-state index contributed by atoms with van der Waals surface area (Å²) in [5, 5.41) is 0.763. The SMILES string of the molecule is COC(=O)Cn1c(SCc2ccccc2F)nc2ccccc2c1=O. The maximum Gasteiger partial charge on any atom is 0.325 e. The van der Waals surface area contributed by atoms with Crippen LogP contribution in [0.15, 0.2) is 58.5 Å². The molecule has 0 N–H and O–H groups in total. The summed E-state index contributed by atoms with van der Waals surface area (Å²) >= 11 is 1.20. The van der Waals surface area contributed by atoms with E-state index in [1.165, 1.54) is 29.5 Å². The molecular formula is C18H15FN2O3S. The summed E-state index contributed by atoms with van der Waals surface area (Å²) in [6.07, 6.45) is 0. The maximum absolute atomic E-state index is 13.8. The number of hydrogen-bond donors (Lipinski definition) is 0. The minimum absolute atomic E-state index is 0.243. The highest BCUT2D eigenvalue weighted by Crippen LogP contribution is 2.23. The molecule has 7 heteroatoms. The second-order valence-electron chi connectivity index (χ2n) is 5.26. The molecule has 0 amide bonds. The zero-order valence-corrected chi connectivity index (χ0v) is 14.3. The van der Waals surface area contributed by atoms with Gasteiger partial charge in [-0.15, -0.1) is 0 Å². The fraction of sp³-hybridized carbons (Fsp3) is 0.167. The summed E-state index contributed by atoms with van der Waals surface area (Å²) in [4.78, 5) is 28.8. The Morgan fingerprint density at radius 1 is 1.20 bits per heavy atom. The van der Waals surface area contributed by atoms with Crippen LogP contribution in [0, 0.1) is 5.82 Å². The van der Waals surface area contributed by atoms with Crippen molar-refractivity contribution in [3.05, 3.63) is 70.3 Å². The van der Waals surface area contributed by atoms with Crippen molar-refractivity contribution in [2.24, 2.45) is 0 Å². The van der Waals surface area contributed by atoms with Crippen molar-refractivity contribution in [3.63, 3.8) is 0 Å². The number of hydrogen-bond acceptors (Lipinski definition) is 5. The van der Waals surface area contributed by atoms with Gasteiger partial charge in [-0.25, -0.2) is 9.37 Å². The van der Waals surface area contributed by atoms with Gasteiger partial charge in [0.05, 0.1) is 18.0 Å². The van der Waals surface area contributed by atoms with Gasteiger partial charge in [-0.2, -0.15) is 0 Å². The first kappa shape index (κ1) is 17.2. The number of nitrogens with zero attached hydrogens (tertiary/aromatic N) is 2. The molecule has 3 rings (SSSR count). The minimum atomic E-state index is -0.549. The van der Waals surface area contributed by atoms with E-state index in [1.807, 2.05) is 0 Å². The number of esters is 1. The predicted molar refractivity (Wildman–Crippen MR) is 94.0 cm³/mol. The lowest BCUT2D eigenvalue weighted by Gasteiger charge is -2.12. The van der Waals surface area contributed by atoms with Crippen molar-refractivity contribution in [3.8, 4) is 0 Å². The Kier molecular flexibility index (Phi) is 5.14. The number of methoxy groups -OCH3 is 1. The van der Waals surface area contributed by atoms with Gasteiger partial charge in [0.1, 0.15) is 12.4 Å². The van der Waals surface area contributed by atoms with E-state index in [0.29, 0.717) is 27.4 Å². The lowest BCUT2D eigenvalue weighted by molar-refractivity contribution is -0.141. The van der Waals surface area contributed by atoms with Gasteiger partial charge in [-0.1, -0.05) is 42.1 Å². The first-order chi connectivity index (χ1) is 12.1. The number of carbonyl (C=O) groups excluding carboxylic acids is 1. The van der Waals surface area contributed by atoms with Crippen molar-refractivity contribution in [1.29, 1.82) is 0 Å². The predicted octanol–water partition coefficient (Wildman–Crippen LogP) is 3.00. The van der Waals surface area contributed by atoms with Crippen LogP contribution in [0.25, 0.3) is 10.9 Å². The molecule has 0 aliphatic carbocycles. The van der Waals surface area contributed by atoms with Crippen LogP contribution < -0.4 is 5.56 Å². The average molecular weight is 358 g/mol. The highest BCUT2D eigenvalue weighted by atomic mass is 32.2. The number of fused-ring (bicyclic) bond motifs is 1. The van der Waals surface area contributed by atoms with Crippen molar-refractivity contribution < 1.29 is 13.9 Å². The number of ether oxygens (including phenoxy) is 1. The molecule has 0 aliphatic rings. The van der Waals surface area contributed by atoms with Gasteiger partial charge in [-0.3, -0.25) is 14.2 Å². The largest absolute Gasteiger partial charge is 0.468 e. The van der Waals surface area contributed by atoms with E-state index in [0.717, 1.165) is 0 Å². The summed E-state index contributed by atoms with van der Waals surface area (Å²) < 4.78 is 19.7. The summed E-state index contributed by atoms with van der Waals surface area (Å²) in [6.45, 7) is -0.243. The topological polar surface area (TPSA) is 61.2 Å². The van der Waals surface area contributed by atoms with Crippen molar-refractivity contribution in [2.45, 2.75) is 17.5 Å². The number of rotatable bonds is 5. The third kappa shape index (κ3) is 3.71. The van der Waals surface area contributed by atoms with Crippen LogP contribution in [-0.4, -0.2) is 22.6 Å². The van der Waals surface area contributed by atoms with E-state index in [9.17, 15) is 14.0 Å². The second kappa shape index (κ2) is 7.48. The molecular weight excluding hydrogens is 343 g/mol. The standard InChI is InChI=1S/C18H15FN2O3S/c1-24-16(22)10-21-17(23)13-7-3-5-9-15(13)20-18(21)25-11-12-6-2-4-8-14(12)19/h2-9H,10-11H2,1H3. The summed E-state index contributed by atoms with van der Waals surface area (Å²) in [5.41, 5.74) is 0.705. The van der Waals surface area contributed by atoms with Gasteiger partial charge in [-0.05, 0) is 23.8 Å². The van der Waals surface area contributed by atoms with Crippen LogP contribution in [0.1, 0.15) is 5.56 Å². The zero-order valence-electron chi connectivity index (χ0n) is 13.4. The molecule has 0 saturated carbocycles. The molecule has 5 nitrogen and oxygen atoms in total. The molecule has 0 fully saturated rings. The molecule has 0 unspecified atom stereocenters. The van der Waals surface area contributed by atoms with Gasteiger partial charge in [0.25, 0.3) is 5.56 Å². The van der Waals surface area contributed by atoms with Gasteiger partial charge < -0.3 is 4.74 Å². The molecule has 0 atom stereocenters. The molecule has 1 aromatic heterocycles. The number of carbonyl (C=O) groups is 1. The van der Waals surface area contributed by atoms with Crippen LogP contribution in [-0.2, 0) is 21.8 Å². The third-order valence-electron chi connectivity index (χ3n) is 3.66. The minimum Gasteiger partial charge on any atom is -0.468 e. The molecule has 0 radical (unpaired) electrons. The molecule has 0 spiro atoms. The Labute approximate surface area is 147 Å². The lowest BCUT2D eigenvalue weighted by atomic mass is 10.2. The number of halogens is 1. The van der Waals surface area contributed by atoms with E-state index < -0.39 is 5.97 Å². The van der Waals surface area contributed by atoms with E-state index in [1.54, 1.807) is 42.5 Å². The van der Waals surface area contributed by atoms with Gasteiger partial charge in [0.15, 0.2) is 5.16 Å². The molecule has 1 heterocycles. The number of benzene rings is 2. The normalized spacial score (nSPS) is 10.8. The van der Waals surface area contributed by atoms with Crippen molar-refractivity contribution >= 4 is 28.6 Å². The lowest BCUT2D eigenvalue weighted by Crippen LogP contribution is -2.27. The average Bonchev–Trinajstić information content (AvgIpc) is 2.63. The zero-order chi connectivity index (χ0) is 17.8. The number of thioether (sulfide) groups is 1. The van der Waals surface area contributed by atoms with Crippen LogP contribution in [0.5, 0.6) is 0 Å². The summed E-state index contributed by atoms with van der Waals surface area (Å²) in [5.74, 6) is -0.580. The van der Waals surface area contributed by atoms with Crippen LogP contribution in [0.4, 0.5) is 4.39 Å². The molecule has 0 saturated heterocycles. The molecule has 0 aliphatic heterocycles. The molecule has 3 aromatic rings. The molecule has 2 aromatic carbocycles. The number of para-hydroxylation sites is 1. The molecule has 25 heavy (non-hydrogen) atoms. The van der Waals surface area contributed by atoms with Gasteiger partial charge in [0.2, 0.25) is 0 Å². The Morgan fingerprint density at radius 3 is 2.68 bits per heavy atom. The Bertz CT molecular complexity index is 987. The number of aromatic nitrogens is 2. The van der Waals surface area contributed by atoms with E-state index in [-0.39, 0.29) is 17.9 Å². The third-order valence-corrected chi connectivity index (χ3v) is 4.68. The second-order valence-corrected chi connectivity index (χ2v) is 6.20. The van der Waals surface area contributed by atoms with E-state index >= 15 is 0 Å². The molecule has 128 valence electrons. The van der Waals surface area contributed by atoms with Crippen molar-refractivity contribution in [1.82, 2.24) is 9.55 Å². The van der Waals surface area contributed by atoms with Crippen LogP contribution in [0.2, 0.25) is 0 Å². The smallest absolute Gasteiger partial charge is 0.325 e.